The van der Waals surface area contributed by atoms with Gasteiger partial charge in [0.1, 0.15) is 13.2 Å². The van der Waals surface area contributed by atoms with Crippen LogP contribution in [-0.4, -0.2) is 20.5 Å². The quantitative estimate of drug-likeness (QED) is 0.503. The van der Waals surface area contributed by atoms with E-state index in [1.165, 1.54) is 0 Å². The number of rotatable bonds is 0. The summed E-state index contributed by atoms with van der Waals surface area (Å²) in [6.07, 6.45) is 0. The molecule has 0 saturated heterocycles. The molecule has 2 rings (SSSR count). The van der Waals surface area contributed by atoms with Gasteiger partial charge in [-0.15, -0.1) is 11.3 Å². The van der Waals surface area contributed by atoms with Crippen molar-refractivity contribution in [3.63, 3.8) is 0 Å². The van der Waals surface area contributed by atoms with Crippen LogP contribution in [0.5, 0.6) is 11.5 Å². The molecule has 0 fully saturated rings. The Bertz CT molecular complexity index is 261. The van der Waals surface area contributed by atoms with Crippen LogP contribution in [0.4, 0.5) is 17.3 Å². The second kappa shape index (κ2) is 4.54. The second-order valence-electron chi connectivity index (χ2n) is 2.29. The zero-order valence-corrected chi connectivity index (χ0v) is 7.70. The highest BCUT2D eigenvalue weighted by Gasteiger charge is 2.20. The zero-order chi connectivity index (χ0) is 10.6. The third kappa shape index (κ3) is 4.36. The van der Waals surface area contributed by atoms with Crippen LogP contribution in [0.15, 0.2) is 10.8 Å². The molecule has 8 heteroatoms. The van der Waals surface area contributed by atoms with Crippen LogP contribution in [0.25, 0.3) is 0 Å². The molecule has 0 aromatic carbocycles. The topological polar surface area (TPSA) is 18.5 Å². The van der Waals surface area contributed by atoms with Crippen LogP contribution in [0.1, 0.15) is 0 Å². The van der Waals surface area contributed by atoms with Gasteiger partial charge in [-0.05, 0) is 0 Å². The Labute approximate surface area is 81.5 Å². The normalized spacial score (nSPS) is 14.3. The highest BCUT2D eigenvalue weighted by molar-refractivity contribution is 7.08. The molecule has 0 N–H and O–H groups in total. The molecule has 1 aliphatic heterocycles. The third-order valence-corrected chi connectivity index (χ3v) is 1.89. The highest BCUT2D eigenvalue weighted by atomic mass is 32.1. The van der Waals surface area contributed by atoms with E-state index in [1.807, 2.05) is 10.8 Å². The lowest BCUT2D eigenvalue weighted by atomic mass is 10.3. The minimum absolute atomic E-state index is 0.684. The summed E-state index contributed by atoms with van der Waals surface area (Å²) in [5, 5.41) is 3.91. The first kappa shape index (κ1) is 11.2. The van der Waals surface area contributed by atoms with E-state index < -0.39 is 7.25 Å². The van der Waals surface area contributed by atoms with Crippen LogP contribution in [0, 0.1) is 0 Å². The van der Waals surface area contributed by atoms with E-state index in [0.717, 1.165) is 11.5 Å². The van der Waals surface area contributed by atoms with Crippen molar-refractivity contribution in [3.05, 3.63) is 10.8 Å². The Kier molecular flexibility index (Phi) is 3.62. The SMILES string of the molecule is F[B-](F)(F)F.c1scc2c1OCCO2. The molecule has 2 heterocycles. The Hall–Kier alpha value is -0.915. The maximum absolute atomic E-state index is 9.75. The predicted octanol–water partition coefficient (Wildman–Crippen LogP) is 2.82. The van der Waals surface area contributed by atoms with Gasteiger partial charge in [-0.2, -0.15) is 0 Å². The van der Waals surface area contributed by atoms with Crippen LogP contribution in [0.3, 0.4) is 0 Å². The molecule has 1 aromatic rings. The van der Waals surface area contributed by atoms with Crippen molar-refractivity contribution in [3.8, 4) is 11.5 Å². The molecule has 0 spiro atoms. The van der Waals surface area contributed by atoms with Gasteiger partial charge in [-0.3, -0.25) is 0 Å². The van der Waals surface area contributed by atoms with Gasteiger partial charge in [-0.25, -0.2) is 0 Å². The molecule has 2 nitrogen and oxygen atoms in total. The number of hydrogen-bond acceptors (Lipinski definition) is 3. The molecule has 1 aromatic heterocycles. The lowest BCUT2D eigenvalue weighted by molar-refractivity contribution is 0.173. The molecule has 0 saturated carbocycles. The summed E-state index contributed by atoms with van der Waals surface area (Å²) in [5.74, 6) is 1.79. The molecule has 1 aliphatic rings. The van der Waals surface area contributed by atoms with Crippen LogP contribution >= 0.6 is 11.3 Å². The summed E-state index contributed by atoms with van der Waals surface area (Å²) in [6.45, 7) is 1.37. The van der Waals surface area contributed by atoms with Gasteiger partial charge in [0.25, 0.3) is 0 Å². The monoisotopic (exact) mass is 229 g/mol. The van der Waals surface area contributed by atoms with E-state index in [-0.39, 0.29) is 0 Å². The summed E-state index contributed by atoms with van der Waals surface area (Å²) in [5.41, 5.74) is 0. The Morgan fingerprint density at radius 3 is 1.71 bits per heavy atom. The van der Waals surface area contributed by atoms with E-state index in [2.05, 4.69) is 0 Å². The minimum Gasteiger partial charge on any atom is -0.485 e. The second-order valence-corrected chi connectivity index (χ2v) is 3.04. The Morgan fingerprint density at radius 2 is 1.36 bits per heavy atom. The Morgan fingerprint density at radius 1 is 1.00 bits per heavy atom. The zero-order valence-electron chi connectivity index (χ0n) is 6.88. The van der Waals surface area contributed by atoms with Crippen LogP contribution in [-0.2, 0) is 0 Å². The van der Waals surface area contributed by atoms with Gasteiger partial charge in [0.2, 0.25) is 0 Å². The molecular formula is C6H6BF4O2S-. The van der Waals surface area contributed by atoms with Crippen molar-refractivity contribution in [1.82, 2.24) is 0 Å². The largest absolute Gasteiger partial charge is 0.673 e. The van der Waals surface area contributed by atoms with Crippen molar-refractivity contribution in [2.24, 2.45) is 0 Å². The first-order valence-corrected chi connectivity index (χ1v) is 4.60. The lowest BCUT2D eigenvalue weighted by Crippen LogP contribution is -2.13. The number of halogens is 4. The maximum Gasteiger partial charge on any atom is 0.673 e. The fraction of sp³-hybridized carbons (Fsp3) is 0.333. The molecule has 0 bridgehead atoms. The average Bonchev–Trinajstić information content (AvgIpc) is 2.47. The fourth-order valence-corrected chi connectivity index (χ4v) is 1.47. The number of ether oxygens (including phenoxy) is 2. The highest BCUT2D eigenvalue weighted by Crippen LogP contribution is 2.33. The summed E-state index contributed by atoms with van der Waals surface area (Å²) < 4.78 is 49.5. The van der Waals surface area contributed by atoms with Crippen molar-refractivity contribution in [2.45, 2.75) is 0 Å². The van der Waals surface area contributed by atoms with Crippen LogP contribution < -0.4 is 9.47 Å². The number of fused-ring (bicyclic) bond motifs is 1. The standard InChI is InChI=1S/C6H6O2S.BF4/c1-2-8-6-4-9-3-5(6)7-1;2-1(3,4)5/h3-4H,1-2H2;/q;-1. The minimum atomic E-state index is -6.00. The number of hydrogen-bond donors (Lipinski definition) is 0. The van der Waals surface area contributed by atoms with Gasteiger partial charge in [0, 0.05) is 10.8 Å². The molecule has 0 aliphatic carbocycles. The van der Waals surface area contributed by atoms with Gasteiger partial charge in [-0.1, -0.05) is 0 Å². The number of thiophene rings is 1. The molecule has 0 amide bonds. The molecule has 14 heavy (non-hydrogen) atoms. The summed E-state index contributed by atoms with van der Waals surface area (Å²) in [7, 11) is -6.00. The van der Waals surface area contributed by atoms with Crippen molar-refractivity contribution >= 4 is 18.6 Å². The van der Waals surface area contributed by atoms with Crippen molar-refractivity contribution in [2.75, 3.05) is 13.2 Å². The predicted molar refractivity (Wildman–Crippen MR) is 45.5 cm³/mol. The molecule has 0 unspecified atom stereocenters. The summed E-state index contributed by atoms with van der Waals surface area (Å²) >= 11 is 1.61. The average molecular weight is 229 g/mol. The molecule has 0 atom stereocenters. The van der Waals surface area contributed by atoms with Gasteiger partial charge in [0.15, 0.2) is 11.5 Å². The van der Waals surface area contributed by atoms with E-state index in [4.69, 9.17) is 9.47 Å². The smallest absolute Gasteiger partial charge is 0.485 e. The van der Waals surface area contributed by atoms with Crippen molar-refractivity contribution < 1.29 is 26.7 Å². The first-order chi connectivity index (χ1) is 6.47. The van der Waals surface area contributed by atoms with E-state index in [1.54, 1.807) is 11.3 Å². The molecule has 80 valence electrons. The fourth-order valence-electron chi connectivity index (χ4n) is 0.787. The van der Waals surface area contributed by atoms with Crippen LogP contribution in [0.2, 0.25) is 0 Å². The molecular weight excluding hydrogens is 223 g/mol. The summed E-state index contributed by atoms with van der Waals surface area (Å²) in [4.78, 5) is 0. The van der Waals surface area contributed by atoms with E-state index in [0.29, 0.717) is 13.2 Å². The maximum atomic E-state index is 9.75. The molecule has 0 radical (unpaired) electrons. The van der Waals surface area contributed by atoms with Gasteiger partial charge >= 0.3 is 7.25 Å². The third-order valence-electron chi connectivity index (χ3n) is 1.19. The van der Waals surface area contributed by atoms with E-state index >= 15 is 0 Å². The summed E-state index contributed by atoms with van der Waals surface area (Å²) in [6, 6.07) is 0. The van der Waals surface area contributed by atoms with E-state index in [9.17, 15) is 17.3 Å². The Balaban J connectivity index is 0.000000171. The van der Waals surface area contributed by atoms with Gasteiger partial charge in [0.05, 0.1) is 0 Å². The first-order valence-electron chi connectivity index (χ1n) is 3.66. The lowest BCUT2D eigenvalue weighted by Gasteiger charge is -2.13. The van der Waals surface area contributed by atoms with Crippen molar-refractivity contribution in [1.29, 1.82) is 0 Å². The van der Waals surface area contributed by atoms with Gasteiger partial charge < -0.3 is 26.7 Å².